The topological polar surface area (TPSA) is 180 Å². The maximum Gasteiger partial charge on any atom is 1.00 e. The largest absolute Gasteiger partial charge is 1.00 e. The van der Waals surface area contributed by atoms with Crippen LogP contribution < -0.4 is 45.5 Å². The predicted octanol–water partition coefficient (Wildman–Crippen LogP) is -0.792. The van der Waals surface area contributed by atoms with Crippen LogP contribution in [0.3, 0.4) is 0 Å². The van der Waals surface area contributed by atoms with Crippen molar-refractivity contribution in [2.24, 2.45) is 11.8 Å². The van der Waals surface area contributed by atoms with Crippen LogP contribution in [0.5, 0.6) is 0 Å². The molecule has 1 fully saturated rings. The molecule has 1 aromatic rings. The Balaban J connectivity index is 0.00000840. The predicted molar refractivity (Wildman–Crippen MR) is 145 cm³/mol. The van der Waals surface area contributed by atoms with Crippen molar-refractivity contribution in [2.75, 3.05) is 13.2 Å². The van der Waals surface area contributed by atoms with Gasteiger partial charge in [0.1, 0.15) is 22.8 Å². The first-order valence-electron chi connectivity index (χ1n) is 12.9. The van der Waals surface area contributed by atoms with Crippen molar-refractivity contribution in [3.63, 3.8) is 0 Å². The number of amides is 3. The number of carbonyl (C=O) groups is 4. The first-order chi connectivity index (χ1) is 18.5. The molecule has 3 amide bonds. The molecule has 0 bridgehead atoms. The summed E-state index contributed by atoms with van der Waals surface area (Å²) in [4.78, 5) is 49.8. The van der Waals surface area contributed by atoms with Gasteiger partial charge in [0.05, 0.1) is 6.04 Å². The summed E-state index contributed by atoms with van der Waals surface area (Å²) in [7, 11) is -5.25. The number of rotatable bonds is 13. The third kappa shape index (κ3) is 12.1. The molecule has 2 rings (SSSR count). The van der Waals surface area contributed by atoms with Crippen LogP contribution in [0.25, 0.3) is 0 Å². The van der Waals surface area contributed by atoms with Crippen molar-refractivity contribution in [2.45, 2.75) is 76.8 Å². The van der Waals surface area contributed by atoms with Gasteiger partial charge in [-0.05, 0) is 42.9 Å². The number of carbonyl (C=O) groups excluding carboxylic acids is 4. The molecule has 0 radical (unpaired) electrons. The quantitative estimate of drug-likeness (QED) is 0.144. The monoisotopic (exact) mass is 625 g/mol. The molecule has 3 N–H and O–H groups in total. The van der Waals surface area contributed by atoms with Gasteiger partial charge in [0, 0.05) is 29.8 Å². The van der Waals surface area contributed by atoms with E-state index in [0.29, 0.717) is 18.0 Å². The van der Waals surface area contributed by atoms with Crippen molar-refractivity contribution in [1.29, 1.82) is 0 Å². The van der Waals surface area contributed by atoms with Gasteiger partial charge in [0.2, 0.25) is 17.3 Å². The molecule has 12 nitrogen and oxygen atoms in total. The molecule has 1 aromatic carbocycles. The van der Waals surface area contributed by atoms with Crippen molar-refractivity contribution in [3.8, 4) is 0 Å². The zero-order chi connectivity index (χ0) is 30.3. The summed E-state index contributed by atoms with van der Waals surface area (Å²) in [6.07, 6.45) is -0.698. The Morgan fingerprint density at radius 3 is 2.39 bits per heavy atom. The van der Waals surface area contributed by atoms with Crippen LogP contribution in [0.4, 0.5) is 4.79 Å². The van der Waals surface area contributed by atoms with Gasteiger partial charge in [-0.1, -0.05) is 51.4 Å². The number of hydrogen-bond acceptors (Lipinski definition) is 9. The molecular weight excluding hydrogens is 589 g/mol. The van der Waals surface area contributed by atoms with Crippen LogP contribution >= 0.6 is 11.6 Å². The first-order valence-corrected chi connectivity index (χ1v) is 14.7. The second kappa shape index (κ2) is 16.1. The minimum atomic E-state index is -5.25. The van der Waals surface area contributed by atoms with E-state index in [2.05, 4.69) is 16.0 Å². The number of ether oxygens (including phenoxy) is 2. The molecular formula is C26H37ClN3NaO9S. The second-order valence-electron chi connectivity index (χ2n) is 10.9. The van der Waals surface area contributed by atoms with E-state index in [9.17, 15) is 32.1 Å². The van der Waals surface area contributed by atoms with Crippen molar-refractivity contribution >= 4 is 45.6 Å². The Morgan fingerprint density at radius 2 is 1.88 bits per heavy atom. The molecule has 0 aliphatic carbocycles. The van der Waals surface area contributed by atoms with Gasteiger partial charge in [-0.2, -0.15) is 0 Å². The third-order valence-corrected chi connectivity index (χ3v) is 7.64. The van der Waals surface area contributed by atoms with Gasteiger partial charge in [-0.3, -0.25) is 14.4 Å². The Kier molecular flexibility index (Phi) is 14.6. The third-order valence-electron chi connectivity index (χ3n) is 6.41. The smallest absolute Gasteiger partial charge is 0.745 e. The zero-order valence-corrected chi connectivity index (χ0v) is 27.8. The summed E-state index contributed by atoms with van der Waals surface area (Å²) in [5.74, 6) is -3.08. The van der Waals surface area contributed by atoms with Crippen LogP contribution in [-0.4, -0.2) is 67.5 Å². The van der Waals surface area contributed by atoms with E-state index in [4.69, 9.17) is 21.1 Å². The van der Waals surface area contributed by atoms with E-state index in [0.717, 1.165) is 12.5 Å². The summed E-state index contributed by atoms with van der Waals surface area (Å²) in [6.45, 7) is 8.53. The molecule has 1 saturated heterocycles. The number of nitrogens with one attached hydrogen (secondary N) is 3. The van der Waals surface area contributed by atoms with Crippen LogP contribution in [0.1, 0.15) is 59.4 Å². The normalized spacial score (nSPS) is 17.5. The average molecular weight is 626 g/mol. The molecule has 0 saturated carbocycles. The van der Waals surface area contributed by atoms with E-state index < -0.39 is 56.9 Å². The summed E-state index contributed by atoms with van der Waals surface area (Å²) >= 11 is 6.08. The minimum Gasteiger partial charge on any atom is -0.745 e. The molecule has 1 unspecified atom stereocenters. The fraction of sp³-hybridized carbons (Fsp3) is 0.615. The maximum atomic E-state index is 13.3. The standard InChI is InChI=1S/C26H38ClN3O9S.Na/c1-15(2)11-20(30-25(34)38-14-26(4,5)18-7-6-8-19(27)13-18)23(33)29-21(12-17-9-10-28-22(17)32)24(39-16(3)31)40(35,36)37;/h6-8,13,15,17,20-21,24H,9-12,14H2,1-5H3,(H,28,32)(H,29,33)(H,30,34)(H,35,36,37);/q;+1/p-1/t17-,20-,21-,24?;/m0./s1. The Hall–Kier alpha value is -1.90. The maximum absolute atomic E-state index is 13.3. The van der Waals surface area contributed by atoms with Gasteiger partial charge in [-0.25, -0.2) is 13.2 Å². The molecule has 224 valence electrons. The van der Waals surface area contributed by atoms with Crippen molar-refractivity contribution in [3.05, 3.63) is 34.9 Å². The number of hydrogen-bond donors (Lipinski definition) is 3. The van der Waals surface area contributed by atoms with E-state index in [1.165, 1.54) is 0 Å². The number of benzene rings is 1. The van der Waals surface area contributed by atoms with Gasteiger partial charge in [0.15, 0.2) is 0 Å². The number of esters is 1. The summed E-state index contributed by atoms with van der Waals surface area (Å²) in [6, 6.07) is 4.37. The van der Waals surface area contributed by atoms with Crippen LogP contribution in [-0.2, 0) is 39.4 Å². The SMILES string of the molecule is CC(=O)OC([C@H](C[C@@H]1CCNC1=O)NC(=O)[C@H](CC(C)C)NC(=O)OCC(C)(C)c1cccc(Cl)c1)S(=O)(=O)[O-].[Na+]. The fourth-order valence-corrected chi connectivity index (χ4v) is 5.35. The second-order valence-corrected chi connectivity index (χ2v) is 12.8. The first kappa shape index (κ1) is 37.1. The van der Waals surface area contributed by atoms with Crippen molar-refractivity contribution in [1.82, 2.24) is 16.0 Å². The molecule has 0 spiro atoms. The van der Waals surface area contributed by atoms with E-state index in [1.54, 1.807) is 32.0 Å². The Morgan fingerprint density at radius 1 is 1.22 bits per heavy atom. The van der Waals surface area contributed by atoms with Crippen molar-refractivity contribution < 1.29 is 71.2 Å². The van der Waals surface area contributed by atoms with E-state index in [1.807, 2.05) is 19.9 Å². The summed E-state index contributed by atoms with van der Waals surface area (Å²) in [5, 5.41) is 8.05. The molecule has 1 heterocycles. The van der Waals surface area contributed by atoms with Gasteiger partial charge < -0.3 is 30.0 Å². The average Bonchev–Trinajstić information content (AvgIpc) is 3.23. The molecule has 41 heavy (non-hydrogen) atoms. The summed E-state index contributed by atoms with van der Waals surface area (Å²) in [5.41, 5.74) is -2.05. The molecule has 4 atom stereocenters. The number of alkyl carbamates (subject to hydrolysis) is 1. The van der Waals surface area contributed by atoms with Gasteiger partial charge in [0.25, 0.3) is 0 Å². The van der Waals surface area contributed by atoms with Gasteiger partial charge in [-0.15, -0.1) is 0 Å². The Labute approximate surface area is 268 Å². The minimum absolute atomic E-state index is 0. The van der Waals surface area contributed by atoms with Crippen LogP contribution in [0, 0.1) is 11.8 Å². The Bertz CT molecular complexity index is 1200. The number of halogens is 1. The van der Waals surface area contributed by atoms with E-state index >= 15 is 0 Å². The fourth-order valence-electron chi connectivity index (χ4n) is 4.33. The van der Waals surface area contributed by atoms with E-state index in [-0.39, 0.29) is 60.8 Å². The van der Waals surface area contributed by atoms with Crippen LogP contribution in [0.15, 0.2) is 24.3 Å². The molecule has 0 aromatic heterocycles. The van der Waals surface area contributed by atoms with Gasteiger partial charge >= 0.3 is 41.6 Å². The summed E-state index contributed by atoms with van der Waals surface area (Å²) < 4.78 is 46.2. The zero-order valence-electron chi connectivity index (χ0n) is 24.2. The molecule has 1 aliphatic rings. The van der Waals surface area contributed by atoms with Crippen LogP contribution in [0.2, 0.25) is 5.02 Å². The molecule has 1 aliphatic heterocycles. The molecule has 15 heteroatoms.